The van der Waals surface area contributed by atoms with Gasteiger partial charge in [-0.25, -0.2) is 9.78 Å². The molecule has 1 N–H and O–H groups in total. The number of carbonyl (C=O) groups is 2. The molecular weight excluding hydrogens is 370 g/mol. The van der Waals surface area contributed by atoms with E-state index in [2.05, 4.69) is 22.8 Å². The zero-order valence-corrected chi connectivity index (χ0v) is 17.9. The second-order valence-corrected chi connectivity index (χ2v) is 9.00. The van der Waals surface area contributed by atoms with Crippen LogP contribution >= 0.6 is 0 Å². The van der Waals surface area contributed by atoms with Gasteiger partial charge in [0.25, 0.3) is 0 Å². The van der Waals surface area contributed by atoms with Crippen LogP contribution in [0.25, 0.3) is 11.0 Å². The number of piperidine rings is 1. The Balaban J connectivity index is 1.89. The van der Waals surface area contributed by atoms with Gasteiger partial charge in [-0.1, -0.05) is 6.07 Å². The number of carboxylic acids is 1. The predicted molar refractivity (Wildman–Crippen MR) is 111 cm³/mol. The number of carbonyl (C=O) groups excluding carboxylic acids is 1. The minimum atomic E-state index is -0.819. The average Bonchev–Trinajstić information content (AvgIpc) is 2.92. The van der Waals surface area contributed by atoms with Crippen molar-refractivity contribution < 1.29 is 19.4 Å². The molecule has 1 aliphatic rings. The van der Waals surface area contributed by atoms with Crippen molar-refractivity contribution in [2.75, 3.05) is 13.1 Å². The van der Waals surface area contributed by atoms with Crippen molar-refractivity contribution in [1.29, 1.82) is 0 Å². The molecule has 0 spiro atoms. The number of rotatable bonds is 4. The summed E-state index contributed by atoms with van der Waals surface area (Å²) in [6.45, 7) is 10.6. The number of nitrogens with zero attached hydrogens (tertiary/aromatic N) is 3. The van der Waals surface area contributed by atoms with Crippen LogP contribution in [-0.2, 0) is 9.53 Å². The van der Waals surface area contributed by atoms with Crippen LogP contribution in [0.5, 0.6) is 0 Å². The number of hydrogen-bond acceptors (Lipinski definition) is 4. The molecule has 2 atom stereocenters. The van der Waals surface area contributed by atoms with Crippen molar-refractivity contribution in [3.8, 4) is 0 Å². The predicted octanol–water partition coefficient (Wildman–Crippen LogP) is 4.32. The van der Waals surface area contributed by atoms with Gasteiger partial charge in [0.1, 0.15) is 11.4 Å². The third-order valence-electron chi connectivity index (χ3n) is 5.43. The quantitative estimate of drug-likeness (QED) is 0.825. The van der Waals surface area contributed by atoms with E-state index in [1.54, 1.807) is 4.90 Å². The molecule has 7 heteroatoms. The van der Waals surface area contributed by atoms with Gasteiger partial charge in [0, 0.05) is 25.6 Å². The Kier molecular flexibility index (Phi) is 5.87. The maximum atomic E-state index is 12.6. The molecule has 1 amide bonds. The van der Waals surface area contributed by atoms with Gasteiger partial charge in [-0.2, -0.15) is 0 Å². The number of ether oxygens (including phenoxy) is 1. The molecule has 158 valence electrons. The van der Waals surface area contributed by atoms with Crippen LogP contribution in [0, 0.1) is 19.8 Å². The number of carboxylic acid groups (broad SMARTS) is 1. The highest BCUT2D eigenvalue weighted by molar-refractivity contribution is 5.77. The summed E-state index contributed by atoms with van der Waals surface area (Å²) in [5.74, 6) is 0.118. The molecular formula is C22H31N3O4. The summed E-state index contributed by atoms with van der Waals surface area (Å²) in [4.78, 5) is 30.2. The Morgan fingerprint density at radius 3 is 2.66 bits per heavy atom. The maximum Gasteiger partial charge on any atom is 0.410 e. The molecule has 0 aliphatic carbocycles. The van der Waals surface area contributed by atoms with Crippen molar-refractivity contribution in [3.05, 3.63) is 29.6 Å². The summed E-state index contributed by atoms with van der Waals surface area (Å²) >= 11 is 0. The van der Waals surface area contributed by atoms with Gasteiger partial charge in [-0.3, -0.25) is 4.79 Å². The largest absolute Gasteiger partial charge is 0.481 e. The molecule has 1 aromatic heterocycles. The summed E-state index contributed by atoms with van der Waals surface area (Å²) in [6, 6.07) is 6.32. The topological polar surface area (TPSA) is 84.7 Å². The van der Waals surface area contributed by atoms with Crippen LogP contribution in [-0.4, -0.2) is 50.3 Å². The summed E-state index contributed by atoms with van der Waals surface area (Å²) in [6.07, 6.45) is 0.987. The number of aromatic nitrogens is 2. The standard InChI is InChI=1S/C22H31N3O4/c1-14-6-8-19-17(12-14)23-15(2)25(19)18-10-11-24(21(28)29-22(3,4)5)13-16(18)7-9-20(26)27/h6,8,12,16,18H,7,9-11,13H2,1-5H3,(H,26,27)/t16-,18-/m1/s1. The van der Waals surface area contributed by atoms with Gasteiger partial charge in [0.2, 0.25) is 0 Å². The second-order valence-electron chi connectivity index (χ2n) is 9.00. The first-order valence-electron chi connectivity index (χ1n) is 10.2. The zero-order chi connectivity index (χ0) is 21.3. The number of amides is 1. The fourth-order valence-corrected chi connectivity index (χ4v) is 4.19. The number of imidazole rings is 1. The lowest BCUT2D eigenvalue weighted by atomic mass is 9.87. The lowest BCUT2D eigenvalue weighted by molar-refractivity contribution is -0.137. The first kappa shape index (κ1) is 21.1. The molecule has 0 saturated carbocycles. The van der Waals surface area contributed by atoms with Crippen LogP contribution in [0.4, 0.5) is 4.79 Å². The van der Waals surface area contributed by atoms with Gasteiger partial charge in [0.05, 0.1) is 11.0 Å². The van der Waals surface area contributed by atoms with Gasteiger partial charge in [-0.15, -0.1) is 0 Å². The van der Waals surface area contributed by atoms with Gasteiger partial charge < -0.3 is 19.3 Å². The molecule has 3 rings (SSSR count). The number of fused-ring (bicyclic) bond motifs is 1. The zero-order valence-electron chi connectivity index (χ0n) is 17.9. The third-order valence-corrected chi connectivity index (χ3v) is 5.43. The number of hydrogen-bond donors (Lipinski definition) is 1. The highest BCUT2D eigenvalue weighted by atomic mass is 16.6. The smallest absolute Gasteiger partial charge is 0.410 e. The van der Waals surface area contributed by atoms with E-state index >= 15 is 0 Å². The second kappa shape index (κ2) is 8.05. The molecule has 2 heterocycles. The van der Waals surface area contributed by atoms with E-state index in [-0.39, 0.29) is 24.5 Å². The number of aliphatic carboxylic acids is 1. The summed E-state index contributed by atoms with van der Waals surface area (Å²) < 4.78 is 7.77. The van der Waals surface area contributed by atoms with Crippen molar-refractivity contribution >= 4 is 23.1 Å². The Bertz CT molecular complexity index is 913. The SMILES string of the molecule is Cc1ccc2c(c1)nc(C)n2[C@@H]1CCN(C(=O)OC(C)(C)C)C[C@H]1CCC(=O)O. The number of likely N-dealkylation sites (tertiary alicyclic amines) is 1. The summed E-state index contributed by atoms with van der Waals surface area (Å²) in [5.41, 5.74) is 2.61. The van der Waals surface area contributed by atoms with E-state index in [0.717, 1.165) is 28.8 Å². The van der Waals surface area contributed by atoms with Crippen molar-refractivity contribution in [3.63, 3.8) is 0 Å². The monoisotopic (exact) mass is 401 g/mol. The van der Waals surface area contributed by atoms with Gasteiger partial charge in [0.15, 0.2) is 0 Å². The molecule has 1 aliphatic heterocycles. The highest BCUT2D eigenvalue weighted by Gasteiger charge is 2.35. The Morgan fingerprint density at radius 2 is 2.00 bits per heavy atom. The molecule has 29 heavy (non-hydrogen) atoms. The third kappa shape index (κ3) is 4.89. The van der Waals surface area contributed by atoms with Crippen molar-refractivity contribution in [2.24, 2.45) is 5.92 Å². The van der Waals surface area contributed by atoms with Crippen LogP contribution in [0.2, 0.25) is 0 Å². The summed E-state index contributed by atoms with van der Waals surface area (Å²) in [7, 11) is 0. The van der Waals surface area contributed by atoms with Gasteiger partial charge >= 0.3 is 12.1 Å². The van der Waals surface area contributed by atoms with Crippen molar-refractivity contribution in [2.45, 2.75) is 65.5 Å². The Hall–Kier alpha value is -2.57. The molecule has 0 unspecified atom stereocenters. The lowest BCUT2D eigenvalue weighted by Gasteiger charge is -2.40. The van der Waals surface area contributed by atoms with Crippen molar-refractivity contribution in [1.82, 2.24) is 14.5 Å². The Labute approximate surface area is 171 Å². The molecule has 1 aromatic carbocycles. The van der Waals surface area contributed by atoms with E-state index in [0.29, 0.717) is 19.5 Å². The lowest BCUT2D eigenvalue weighted by Crippen LogP contribution is -2.46. The molecule has 7 nitrogen and oxygen atoms in total. The van der Waals surface area contributed by atoms with Crippen LogP contribution < -0.4 is 0 Å². The van der Waals surface area contributed by atoms with Gasteiger partial charge in [-0.05, 0) is 71.1 Å². The highest BCUT2D eigenvalue weighted by Crippen LogP contribution is 2.36. The minimum absolute atomic E-state index is 0.0183. The molecule has 2 aromatic rings. The minimum Gasteiger partial charge on any atom is -0.481 e. The Morgan fingerprint density at radius 1 is 1.28 bits per heavy atom. The number of benzene rings is 1. The number of aryl methyl sites for hydroxylation is 2. The fourth-order valence-electron chi connectivity index (χ4n) is 4.19. The maximum absolute atomic E-state index is 12.6. The first-order valence-corrected chi connectivity index (χ1v) is 10.2. The molecule has 1 fully saturated rings. The molecule has 0 radical (unpaired) electrons. The van der Waals surface area contributed by atoms with Crippen LogP contribution in [0.15, 0.2) is 18.2 Å². The molecule has 0 bridgehead atoms. The first-order chi connectivity index (χ1) is 13.5. The van der Waals surface area contributed by atoms with E-state index in [1.807, 2.05) is 34.6 Å². The summed E-state index contributed by atoms with van der Waals surface area (Å²) in [5, 5.41) is 9.22. The molecule has 1 saturated heterocycles. The van der Waals surface area contributed by atoms with E-state index in [4.69, 9.17) is 9.72 Å². The average molecular weight is 402 g/mol. The van der Waals surface area contributed by atoms with E-state index in [9.17, 15) is 14.7 Å². The van der Waals surface area contributed by atoms with E-state index < -0.39 is 11.6 Å². The fraction of sp³-hybridized carbons (Fsp3) is 0.591. The normalized spacial score (nSPS) is 20.1. The van der Waals surface area contributed by atoms with Crippen LogP contribution in [0.3, 0.4) is 0 Å². The van der Waals surface area contributed by atoms with E-state index in [1.165, 1.54) is 0 Å². The van der Waals surface area contributed by atoms with Crippen LogP contribution in [0.1, 0.15) is 57.5 Å².